The summed E-state index contributed by atoms with van der Waals surface area (Å²) in [6.45, 7) is 15.3. The molecule has 1 saturated carbocycles. The molecule has 0 unspecified atom stereocenters. The SMILES string of the molecule is CCCCCCCCC(CCCCCCCC)COC(=O)CCCCCN(CCO)CCN(CCCCCCOC(=O)C(CCCCCCCC)CCCCCCCC)C1CCC1. The van der Waals surface area contributed by atoms with Gasteiger partial charge in [0.2, 0.25) is 0 Å². The predicted octanol–water partition coefficient (Wildman–Crippen LogP) is 15.6. The van der Waals surface area contributed by atoms with E-state index >= 15 is 0 Å². The maximum absolute atomic E-state index is 13.2. The molecule has 0 radical (unpaired) electrons. The van der Waals surface area contributed by atoms with E-state index in [4.69, 9.17) is 9.47 Å². The number of carbonyl (C=O) groups excluding carboxylic acids is 2. The number of unbranched alkanes of at least 4 members (excludes halogenated alkanes) is 25. The second-order valence-electron chi connectivity index (χ2n) is 20.1. The van der Waals surface area contributed by atoms with Gasteiger partial charge < -0.3 is 14.6 Å². The van der Waals surface area contributed by atoms with Crippen molar-refractivity contribution in [2.45, 2.75) is 284 Å². The Kier molecular flexibility index (Phi) is 43.6. The highest BCUT2D eigenvalue weighted by Gasteiger charge is 2.25. The van der Waals surface area contributed by atoms with Gasteiger partial charge >= 0.3 is 11.9 Å². The van der Waals surface area contributed by atoms with Crippen molar-refractivity contribution < 1.29 is 24.2 Å². The maximum Gasteiger partial charge on any atom is 0.308 e. The van der Waals surface area contributed by atoms with Crippen molar-refractivity contribution in [3.8, 4) is 0 Å². The van der Waals surface area contributed by atoms with Gasteiger partial charge in [-0.1, -0.05) is 207 Å². The second-order valence-corrected chi connectivity index (χ2v) is 20.1. The number of nitrogens with zero attached hydrogens (tertiary/aromatic N) is 2. The molecule has 7 heteroatoms. The van der Waals surface area contributed by atoms with Crippen LogP contribution in [0.3, 0.4) is 0 Å². The minimum atomic E-state index is -0.0125. The molecule has 374 valence electrons. The molecule has 1 fully saturated rings. The highest BCUT2D eigenvalue weighted by molar-refractivity contribution is 5.72. The Balaban J connectivity index is 2.36. The fourth-order valence-electron chi connectivity index (χ4n) is 9.56. The van der Waals surface area contributed by atoms with Crippen LogP contribution in [-0.2, 0) is 19.1 Å². The van der Waals surface area contributed by atoms with E-state index < -0.39 is 0 Å². The summed E-state index contributed by atoms with van der Waals surface area (Å²) < 4.78 is 11.8. The lowest BCUT2D eigenvalue weighted by molar-refractivity contribution is -0.149. The average molecular weight is 892 g/mol. The molecule has 0 aliphatic heterocycles. The lowest BCUT2D eigenvalue weighted by atomic mass is 9.91. The molecular formula is C56H110N2O5. The lowest BCUT2D eigenvalue weighted by Crippen LogP contribution is -2.45. The summed E-state index contributed by atoms with van der Waals surface area (Å²) in [7, 11) is 0. The summed E-state index contributed by atoms with van der Waals surface area (Å²) in [6.07, 6.45) is 47.4. The Hall–Kier alpha value is -1.18. The van der Waals surface area contributed by atoms with Gasteiger partial charge in [0.1, 0.15) is 0 Å². The van der Waals surface area contributed by atoms with E-state index in [0.717, 1.165) is 90.5 Å². The number of esters is 2. The van der Waals surface area contributed by atoms with Crippen LogP contribution in [0, 0.1) is 11.8 Å². The smallest absolute Gasteiger partial charge is 0.308 e. The molecule has 0 amide bonds. The molecule has 0 atom stereocenters. The third-order valence-electron chi connectivity index (χ3n) is 14.2. The van der Waals surface area contributed by atoms with E-state index in [9.17, 15) is 14.7 Å². The number of aliphatic hydroxyl groups is 1. The molecule has 63 heavy (non-hydrogen) atoms. The topological polar surface area (TPSA) is 79.3 Å². The van der Waals surface area contributed by atoms with Crippen LogP contribution >= 0.6 is 0 Å². The molecule has 1 aliphatic carbocycles. The third kappa shape index (κ3) is 36.6. The van der Waals surface area contributed by atoms with E-state index in [-0.39, 0.29) is 24.5 Å². The van der Waals surface area contributed by atoms with Crippen molar-refractivity contribution in [1.29, 1.82) is 0 Å². The van der Waals surface area contributed by atoms with E-state index in [1.807, 2.05) is 0 Å². The van der Waals surface area contributed by atoms with Gasteiger partial charge in [0.15, 0.2) is 0 Å². The van der Waals surface area contributed by atoms with Crippen LogP contribution in [0.2, 0.25) is 0 Å². The Morgan fingerprint density at radius 3 is 1.46 bits per heavy atom. The Labute approximate surface area is 393 Å². The van der Waals surface area contributed by atoms with Crippen LogP contribution in [-0.4, -0.2) is 85.4 Å². The first kappa shape index (κ1) is 59.8. The monoisotopic (exact) mass is 891 g/mol. The largest absolute Gasteiger partial charge is 0.465 e. The number of carbonyl (C=O) groups is 2. The van der Waals surface area contributed by atoms with Crippen molar-refractivity contribution in [3.05, 3.63) is 0 Å². The van der Waals surface area contributed by atoms with Gasteiger partial charge in [0.25, 0.3) is 0 Å². The van der Waals surface area contributed by atoms with Crippen LogP contribution in [0.4, 0.5) is 0 Å². The van der Waals surface area contributed by atoms with Crippen LogP contribution in [0.5, 0.6) is 0 Å². The molecule has 0 bridgehead atoms. The van der Waals surface area contributed by atoms with E-state index in [2.05, 4.69) is 37.5 Å². The Bertz CT molecular complexity index is 943. The number of hydrogen-bond donors (Lipinski definition) is 1. The zero-order chi connectivity index (χ0) is 45.7. The highest BCUT2D eigenvalue weighted by Crippen LogP contribution is 2.26. The molecule has 0 heterocycles. The summed E-state index contributed by atoms with van der Waals surface area (Å²) in [4.78, 5) is 31.1. The van der Waals surface area contributed by atoms with Gasteiger partial charge in [-0.2, -0.15) is 0 Å². The lowest BCUT2D eigenvalue weighted by Gasteiger charge is -2.39. The summed E-state index contributed by atoms with van der Waals surface area (Å²) in [5.41, 5.74) is 0. The summed E-state index contributed by atoms with van der Waals surface area (Å²) >= 11 is 0. The third-order valence-corrected chi connectivity index (χ3v) is 14.2. The molecule has 1 aliphatic rings. The average Bonchev–Trinajstić information content (AvgIpc) is 3.26. The fraction of sp³-hybridized carbons (Fsp3) is 0.964. The molecule has 1 N–H and O–H groups in total. The zero-order valence-corrected chi connectivity index (χ0v) is 42.9. The zero-order valence-electron chi connectivity index (χ0n) is 42.9. The standard InChI is InChI=1S/C56H110N2O5/c1-5-9-13-17-21-28-37-52(38-29-22-18-14-10-6-2)51-63-55(60)43-32-27-33-44-57(48-49-59)46-47-58(54-41-36-42-54)45-34-25-26-35-50-62-56(61)53(39-30-23-19-15-11-7-3)40-31-24-20-16-12-8-4/h52-54,59H,5-51H2,1-4H3. The van der Waals surface area contributed by atoms with Crippen molar-refractivity contribution in [3.63, 3.8) is 0 Å². The number of rotatable bonds is 50. The molecule has 0 aromatic carbocycles. The molecule has 0 aromatic heterocycles. The van der Waals surface area contributed by atoms with Crippen molar-refractivity contribution >= 4 is 11.9 Å². The van der Waals surface area contributed by atoms with Gasteiger partial charge in [0.05, 0.1) is 25.7 Å². The quantitative estimate of drug-likeness (QED) is 0.0481. The van der Waals surface area contributed by atoms with Gasteiger partial charge in [0, 0.05) is 32.1 Å². The predicted molar refractivity (Wildman–Crippen MR) is 271 cm³/mol. The second kappa shape index (κ2) is 46.0. The van der Waals surface area contributed by atoms with E-state index in [1.165, 1.54) is 186 Å². The first-order chi connectivity index (χ1) is 31.0. The molecule has 0 aromatic rings. The molecule has 0 spiro atoms. The highest BCUT2D eigenvalue weighted by atomic mass is 16.5. The van der Waals surface area contributed by atoms with Gasteiger partial charge in [-0.05, 0) is 83.2 Å². The first-order valence-electron chi connectivity index (χ1n) is 28.4. The summed E-state index contributed by atoms with van der Waals surface area (Å²) in [5.74, 6) is 0.668. The normalized spacial score (nSPS) is 13.2. The van der Waals surface area contributed by atoms with Crippen LogP contribution < -0.4 is 0 Å². The Morgan fingerprint density at radius 1 is 0.492 bits per heavy atom. The van der Waals surface area contributed by atoms with Crippen LogP contribution in [0.15, 0.2) is 0 Å². The van der Waals surface area contributed by atoms with E-state index in [1.54, 1.807) is 0 Å². The Morgan fingerprint density at radius 2 is 0.952 bits per heavy atom. The van der Waals surface area contributed by atoms with E-state index in [0.29, 0.717) is 31.6 Å². The van der Waals surface area contributed by atoms with Crippen LogP contribution in [0.1, 0.15) is 278 Å². The fourth-order valence-corrected chi connectivity index (χ4v) is 9.56. The summed E-state index contributed by atoms with van der Waals surface area (Å²) in [5, 5.41) is 9.86. The van der Waals surface area contributed by atoms with Crippen molar-refractivity contribution in [2.75, 3.05) is 52.5 Å². The van der Waals surface area contributed by atoms with Gasteiger partial charge in [-0.25, -0.2) is 0 Å². The molecule has 0 saturated heterocycles. The minimum absolute atomic E-state index is 0.0125. The molecule has 7 nitrogen and oxygen atoms in total. The molecule has 1 rings (SSSR count). The number of ether oxygens (including phenoxy) is 2. The van der Waals surface area contributed by atoms with Crippen molar-refractivity contribution in [2.24, 2.45) is 11.8 Å². The minimum Gasteiger partial charge on any atom is -0.465 e. The van der Waals surface area contributed by atoms with Gasteiger partial charge in [-0.15, -0.1) is 0 Å². The summed E-state index contributed by atoms with van der Waals surface area (Å²) in [6, 6.07) is 0.708. The number of aliphatic hydroxyl groups excluding tert-OH is 1. The molecular weight excluding hydrogens is 781 g/mol. The van der Waals surface area contributed by atoms with Crippen molar-refractivity contribution in [1.82, 2.24) is 9.80 Å². The van der Waals surface area contributed by atoms with Gasteiger partial charge in [-0.3, -0.25) is 19.4 Å². The maximum atomic E-state index is 13.2. The van der Waals surface area contributed by atoms with Crippen LogP contribution in [0.25, 0.3) is 0 Å². The number of hydrogen-bond acceptors (Lipinski definition) is 7. The first-order valence-corrected chi connectivity index (χ1v) is 28.4.